The van der Waals surface area contributed by atoms with E-state index in [2.05, 4.69) is 43.8 Å². The van der Waals surface area contributed by atoms with Gasteiger partial charge in [0.15, 0.2) is 0 Å². The van der Waals surface area contributed by atoms with Gasteiger partial charge in [-0.05, 0) is 112 Å². The number of hydrogen-bond acceptors (Lipinski definition) is 1. The summed E-state index contributed by atoms with van der Waals surface area (Å²) in [5, 5.41) is 3.37. The summed E-state index contributed by atoms with van der Waals surface area (Å²) >= 11 is 5.77. The van der Waals surface area contributed by atoms with E-state index in [-0.39, 0.29) is 5.91 Å². The Morgan fingerprint density at radius 1 is 1.10 bits per heavy atom. The fourth-order valence-electron chi connectivity index (χ4n) is 5.06. The summed E-state index contributed by atoms with van der Waals surface area (Å²) < 4.78 is 2.00. The van der Waals surface area contributed by atoms with E-state index in [1.54, 1.807) is 0 Å². The highest BCUT2D eigenvalue weighted by molar-refractivity contribution is 14.1. The fraction of sp³-hybridized carbons (Fsp3) is 0.588. The van der Waals surface area contributed by atoms with Gasteiger partial charge in [0, 0.05) is 14.1 Å². The van der Waals surface area contributed by atoms with E-state index in [0.717, 1.165) is 37.3 Å². The van der Waals surface area contributed by atoms with Crippen LogP contribution in [0.4, 0.5) is 0 Å². The number of rotatable bonds is 2. The van der Waals surface area contributed by atoms with Crippen LogP contribution >= 0.6 is 38.5 Å². The first-order valence-corrected chi connectivity index (χ1v) is 9.73. The van der Waals surface area contributed by atoms with Crippen molar-refractivity contribution in [3.05, 3.63) is 31.8 Å². The SMILES string of the molecule is O=C(NC1C2CC3CC(C2)CC1C3)c1cc(I)ccc1Br. The van der Waals surface area contributed by atoms with Crippen molar-refractivity contribution in [3.63, 3.8) is 0 Å². The second-order valence-electron chi connectivity index (χ2n) is 7.05. The van der Waals surface area contributed by atoms with Crippen LogP contribution in [0.5, 0.6) is 0 Å². The summed E-state index contributed by atoms with van der Waals surface area (Å²) in [4.78, 5) is 12.7. The molecule has 4 aliphatic carbocycles. The van der Waals surface area contributed by atoms with E-state index in [4.69, 9.17) is 0 Å². The summed E-state index contributed by atoms with van der Waals surface area (Å²) in [5.41, 5.74) is 0.774. The maximum absolute atomic E-state index is 12.7. The monoisotopic (exact) mass is 459 g/mol. The lowest BCUT2D eigenvalue weighted by molar-refractivity contribution is -0.0119. The third kappa shape index (κ3) is 2.67. The molecular weight excluding hydrogens is 441 g/mol. The number of halogens is 2. The molecule has 112 valence electrons. The van der Waals surface area contributed by atoms with Gasteiger partial charge >= 0.3 is 0 Å². The Morgan fingerprint density at radius 2 is 1.71 bits per heavy atom. The predicted octanol–water partition coefficient (Wildman–Crippen LogP) is 4.61. The molecule has 0 unspecified atom stereocenters. The lowest BCUT2D eigenvalue weighted by atomic mass is 9.54. The molecule has 1 amide bonds. The highest BCUT2D eigenvalue weighted by Crippen LogP contribution is 2.53. The summed E-state index contributed by atoms with van der Waals surface area (Å²) in [6, 6.07) is 6.36. The molecule has 4 fully saturated rings. The van der Waals surface area contributed by atoms with Crippen molar-refractivity contribution >= 4 is 44.4 Å². The standard InChI is InChI=1S/C17H19BrINO/c18-15-2-1-13(19)8-14(15)17(21)20-16-11-4-9-3-10(6-11)7-12(16)5-9/h1-2,8-12,16H,3-7H2,(H,20,21). The van der Waals surface area contributed by atoms with Crippen LogP contribution in [0.3, 0.4) is 0 Å². The average Bonchev–Trinajstić information content (AvgIpc) is 2.44. The zero-order valence-corrected chi connectivity index (χ0v) is 15.6. The van der Waals surface area contributed by atoms with Gasteiger partial charge < -0.3 is 5.32 Å². The predicted molar refractivity (Wildman–Crippen MR) is 95.2 cm³/mol. The molecule has 0 heterocycles. The molecule has 4 saturated carbocycles. The molecule has 0 aromatic heterocycles. The lowest BCUT2D eigenvalue weighted by Crippen LogP contribution is -2.55. The Hall–Kier alpha value is -0.100. The third-order valence-electron chi connectivity index (χ3n) is 5.70. The number of carbonyl (C=O) groups excluding carboxylic acids is 1. The van der Waals surface area contributed by atoms with Gasteiger partial charge in [0.25, 0.3) is 5.91 Å². The van der Waals surface area contributed by atoms with Gasteiger partial charge in [-0.1, -0.05) is 0 Å². The quantitative estimate of drug-likeness (QED) is 0.643. The smallest absolute Gasteiger partial charge is 0.252 e. The molecule has 4 heteroatoms. The fourth-order valence-corrected chi connectivity index (χ4v) is 5.98. The molecule has 1 aromatic carbocycles. The van der Waals surface area contributed by atoms with Crippen LogP contribution in [0, 0.1) is 27.2 Å². The summed E-state index contributed by atoms with van der Waals surface area (Å²) in [5.74, 6) is 3.45. The maximum atomic E-state index is 12.7. The normalized spacial score (nSPS) is 36.8. The van der Waals surface area contributed by atoms with Gasteiger partial charge in [-0.3, -0.25) is 4.79 Å². The van der Waals surface area contributed by atoms with Crippen molar-refractivity contribution < 1.29 is 4.79 Å². The maximum Gasteiger partial charge on any atom is 0.252 e. The minimum atomic E-state index is 0.0952. The molecular formula is C17H19BrINO. The largest absolute Gasteiger partial charge is 0.349 e. The highest BCUT2D eigenvalue weighted by atomic mass is 127. The molecule has 5 rings (SSSR count). The molecule has 4 bridgehead atoms. The van der Waals surface area contributed by atoms with Gasteiger partial charge in [0.1, 0.15) is 0 Å². The van der Waals surface area contributed by atoms with Crippen molar-refractivity contribution in [2.75, 3.05) is 0 Å². The number of carbonyl (C=O) groups is 1. The van der Waals surface area contributed by atoms with Gasteiger partial charge in [0.05, 0.1) is 5.56 Å². The molecule has 1 N–H and O–H groups in total. The van der Waals surface area contributed by atoms with E-state index in [0.29, 0.717) is 6.04 Å². The summed E-state index contributed by atoms with van der Waals surface area (Å²) in [6.45, 7) is 0. The van der Waals surface area contributed by atoms with Gasteiger partial charge in [-0.25, -0.2) is 0 Å². The summed E-state index contributed by atoms with van der Waals surface area (Å²) in [7, 11) is 0. The number of hydrogen-bond donors (Lipinski definition) is 1. The Bertz CT molecular complexity index is 560. The van der Waals surface area contributed by atoms with Crippen LogP contribution in [0.2, 0.25) is 0 Å². The zero-order chi connectivity index (χ0) is 14.6. The first-order chi connectivity index (χ1) is 10.1. The molecule has 21 heavy (non-hydrogen) atoms. The zero-order valence-electron chi connectivity index (χ0n) is 11.8. The number of nitrogens with one attached hydrogen (secondary N) is 1. The topological polar surface area (TPSA) is 29.1 Å². The van der Waals surface area contributed by atoms with Crippen LogP contribution in [-0.4, -0.2) is 11.9 Å². The van der Waals surface area contributed by atoms with Crippen molar-refractivity contribution in [1.29, 1.82) is 0 Å². The van der Waals surface area contributed by atoms with Crippen LogP contribution in [0.1, 0.15) is 42.5 Å². The van der Waals surface area contributed by atoms with Crippen molar-refractivity contribution in [2.45, 2.75) is 38.1 Å². The van der Waals surface area contributed by atoms with Gasteiger partial charge in [-0.2, -0.15) is 0 Å². The Kier molecular flexibility index (Phi) is 3.81. The van der Waals surface area contributed by atoms with Crippen LogP contribution < -0.4 is 5.32 Å². The minimum Gasteiger partial charge on any atom is -0.349 e. The average molecular weight is 460 g/mol. The molecule has 4 aliphatic rings. The van der Waals surface area contributed by atoms with E-state index < -0.39 is 0 Å². The van der Waals surface area contributed by atoms with Gasteiger partial charge in [0.2, 0.25) is 0 Å². The molecule has 0 saturated heterocycles. The van der Waals surface area contributed by atoms with Crippen molar-refractivity contribution in [1.82, 2.24) is 5.32 Å². The van der Waals surface area contributed by atoms with E-state index in [1.165, 1.54) is 32.1 Å². The minimum absolute atomic E-state index is 0.0952. The first kappa shape index (κ1) is 14.5. The van der Waals surface area contributed by atoms with Crippen molar-refractivity contribution in [2.24, 2.45) is 23.7 Å². The van der Waals surface area contributed by atoms with Crippen LogP contribution in [-0.2, 0) is 0 Å². The second kappa shape index (κ2) is 5.52. The molecule has 2 nitrogen and oxygen atoms in total. The Morgan fingerprint density at radius 3 is 2.33 bits per heavy atom. The third-order valence-corrected chi connectivity index (χ3v) is 7.06. The number of amides is 1. The van der Waals surface area contributed by atoms with E-state index >= 15 is 0 Å². The highest BCUT2D eigenvalue weighted by Gasteiger charge is 2.48. The lowest BCUT2D eigenvalue weighted by Gasteiger charge is -2.54. The molecule has 1 aromatic rings. The first-order valence-electron chi connectivity index (χ1n) is 7.86. The molecule has 0 aliphatic heterocycles. The van der Waals surface area contributed by atoms with Crippen LogP contribution in [0.15, 0.2) is 22.7 Å². The van der Waals surface area contributed by atoms with Gasteiger partial charge in [-0.15, -0.1) is 0 Å². The molecule has 0 spiro atoms. The van der Waals surface area contributed by atoms with Crippen LogP contribution in [0.25, 0.3) is 0 Å². The Balaban J connectivity index is 1.53. The number of benzene rings is 1. The second-order valence-corrected chi connectivity index (χ2v) is 9.15. The van der Waals surface area contributed by atoms with E-state index in [9.17, 15) is 4.79 Å². The summed E-state index contributed by atoms with van der Waals surface area (Å²) in [6.07, 6.45) is 6.81. The molecule has 0 radical (unpaired) electrons. The van der Waals surface area contributed by atoms with E-state index in [1.807, 2.05) is 18.2 Å². The Labute approximate surface area is 147 Å². The molecule has 0 atom stereocenters. The van der Waals surface area contributed by atoms with Crippen molar-refractivity contribution in [3.8, 4) is 0 Å².